The SMILES string of the molecule is Cc1cc(C#CCN)cc(C)c1Cl. The summed E-state index contributed by atoms with van der Waals surface area (Å²) in [4.78, 5) is 0. The Bertz CT molecular complexity index is 348. The third kappa shape index (κ3) is 2.48. The summed E-state index contributed by atoms with van der Waals surface area (Å²) in [6.07, 6.45) is 0. The van der Waals surface area contributed by atoms with Gasteiger partial charge in [0.25, 0.3) is 0 Å². The van der Waals surface area contributed by atoms with E-state index in [1.807, 2.05) is 26.0 Å². The van der Waals surface area contributed by atoms with Crippen LogP contribution in [0.5, 0.6) is 0 Å². The first kappa shape index (κ1) is 10.1. The van der Waals surface area contributed by atoms with Gasteiger partial charge >= 0.3 is 0 Å². The average molecular weight is 194 g/mol. The standard InChI is InChI=1S/C11H12ClN/c1-8-6-10(4-3-5-13)7-9(2)11(8)12/h6-7H,5,13H2,1-2H3. The van der Waals surface area contributed by atoms with E-state index in [9.17, 15) is 0 Å². The van der Waals surface area contributed by atoms with Crippen LogP contribution in [0.25, 0.3) is 0 Å². The minimum absolute atomic E-state index is 0.390. The molecule has 0 unspecified atom stereocenters. The van der Waals surface area contributed by atoms with Crippen LogP contribution in [0, 0.1) is 25.7 Å². The molecule has 68 valence electrons. The summed E-state index contributed by atoms with van der Waals surface area (Å²) in [5.41, 5.74) is 8.38. The molecule has 1 rings (SSSR count). The van der Waals surface area contributed by atoms with Gasteiger partial charge in [0.1, 0.15) is 0 Å². The number of halogens is 1. The van der Waals surface area contributed by atoms with Gasteiger partial charge in [-0.15, -0.1) is 0 Å². The van der Waals surface area contributed by atoms with Crippen molar-refractivity contribution in [3.63, 3.8) is 0 Å². The van der Waals surface area contributed by atoms with Crippen LogP contribution in [0.15, 0.2) is 12.1 Å². The molecule has 1 nitrogen and oxygen atoms in total. The van der Waals surface area contributed by atoms with Crippen molar-refractivity contribution in [2.24, 2.45) is 5.73 Å². The summed E-state index contributed by atoms with van der Waals surface area (Å²) in [6.45, 7) is 4.34. The van der Waals surface area contributed by atoms with Crippen molar-refractivity contribution < 1.29 is 0 Å². The Kier molecular flexibility index (Phi) is 3.36. The van der Waals surface area contributed by atoms with Gasteiger partial charge in [-0.3, -0.25) is 0 Å². The zero-order valence-corrected chi connectivity index (χ0v) is 8.57. The highest BCUT2D eigenvalue weighted by molar-refractivity contribution is 6.32. The van der Waals surface area contributed by atoms with Crippen molar-refractivity contribution in [1.82, 2.24) is 0 Å². The first-order chi connectivity index (χ1) is 6.15. The Hall–Kier alpha value is -0.970. The van der Waals surface area contributed by atoms with Crippen molar-refractivity contribution in [2.45, 2.75) is 13.8 Å². The molecule has 2 N–H and O–H groups in total. The van der Waals surface area contributed by atoms with Crippen molar-refractivity contribution in [3.05, 3.63) is 33.8 Å². The van der Waals surface area contributed by atoms with Crippen LogP contribution in [-0.2, 0) is 0 Å². The second-order valence-corrected chi connectivity index (χ2v) is 3.31. The summed E-state index contributed by atoms with van der Waals surface area (Å²) in [6, 6.07) is 3.94. The Morgan fingerprint density at radius 3 is 2.31 bits per heavy atom. The zero-order valence-electron chi connectivity index (χ0n) is 7.82. The number of hydrogen-bond acceptors (Lipinski definition) is 1. The van der Waals surface area contributed by atoms with E-state index in [2.05, 4.69) is 11.8 Å². The fourth-order valence-corrected chi connectivity index (χ4v) is 1.28. The van der Waals surface area contributed by atoms with Crippen LogP contribution in [0.1, 0.15) is 16.7 Å². The summed E-state index contributed by atoms with van der Waals surface area (Å²) in [7, 11) is 0. The molecule has 1 aromatic rings. The highest BCUT2D eigenvalue weighted by Crippen LogP contribution is 2.21. The van der Waals surface area contributed by atoms with Gasteiger partial charge in [-0.1, -0.05) is 23.4 Å². The molecule has 0 aliphatic heterocycles. The quantitative estimate of drug-likeness (QED) is 0.629. The van der Waals surface area contributed by atoms with Crippen molar-refractivity contribution in [2.75, 3.05) is 6.54 Å². The highest BCUT2D eigenvalue weighted by Gasteiger charge is 2.00. The van der Waals surface area contributed by atoms with E-state index in [1.54, 1.807) is 0 Å². The Morgan fingerprint density at radius 1 is 1.31 bits per heavy atom. The highest BCUT2D eigenvalue weighted by atomic mass is 35.5. The van der Waals surface area contributed by atoms with Crippen LogP contribution in [0.4, 0.5) is 0 Å². The monoisotopic (exact) mass is 193 g/mol. The van der Waals surface area contributed by atoms with Gasteiger partial charge < -0.3 is 5.73 Å². The predicted octanol–water partition coefficient (Wildman–Crippen LogP) is 2.27. The van der Waals surface area contributed by atoms with Gasteiger partial charge in [0.2, 0.25) is 0 Å². The fraction of sp³-hybridized carbons (Fsp3) is 0.273. The molecule has 0 saturated heterocycles. The van der Waals surface area contributed by atoms with Crippen molar-refractivity contribution in [3.8, 4) is 11.8 Å². The number of rotatable bonds is 0. The van der Waals surface area contributed by atoms with Gasteiger partial charge in [0.05, 0.1) is 6.54 Å². The molecular weight excluding hydrogens is 182 g/mol. The second-order valence-electron chi connectivity index (χ2n) is 2.93. The molecule has 1 aromatic carbocycles. The molecule has 0 aliphatic carbocycles. The third-order valence-electron chi connectivity index (χ3n) is 1.77. The zero-order chi connectivity index (χ0) is 9.84. The molecule has 0 amide bonds. The topological polar surface area (TPSA) is 26.0 Å². The number of hydrogen-bond donors (Lipinski definition) is 1. The minimum Gasteiger partial charge on any atom is -0.320 e. The van der Waals surface area contributed by atoms with E-state index in [1.165, 1.54) is 0 Å². The van der Waals surface area contributed by atoms with Crippen molar-refractivity contribution >= 4 is 11.6 Å². The van der Waals surface area contributed by atoms with Crippen LogP contribution in [0.2, 0.25) is 5.02 Å². The maximum Gasteiger partial charge on any atom is 0.0555 e. The number of aryl methyl sites for hydroxylation is 2. The van der Waals surface area contributed by atoms with E-state index in [0.717, 1.165) is 21.7 Å². The molecule has 0 spiro atoms. The van der Waals surface area contributed by atoms with E-state index >= 15 is 0 Å². The third-order valence-corrected chi connectivity index (χ3v) is 2.37. The molecule has 0 bridgehead atoms. The molecule has 0 aliphatic rings. The summed E-state index contributed by atoms with van der Waals surface area (Å²) < 4.78 is 0. The fourth-order valence-electron chi connectivity index (χ4n) is 1.17. The Morgan fingerprint density at radius 2 is 1.85 bits per heavy atom. The normalized spacial score (nSPS) is 9.23. The lowest BCUT2D eigenvalue weighted by Crippen LogP contribution is -1.93. The molecule has 13 heavy (non-hydrogen) atoms. The van der Waals surface area contributed by atoms with Gasteiger partial charge in [0, 0.05) is 10.6 Å². The second kappa shape index (κ2) is 4.32. The minimum atomic E-state index is 0.390. The van der Waals surface area contributed by atoms with Gasteiger partial charge in [-0.2, -0.15) is 0 Å². The predicted molar refractivity (Wildman–Crippen MR) is 56.9 cm³/mol. The lowest BCUT2D eigenvalue weighted by Gasteiger charge is -2.02. The van der Waals surface area contributed by atoms with Gasteiger partial charge in [-0.05, 0) is 37.1 Å². The molecule has 0 saturated carbocycles. The molecule has 0 aromatic heterocycles. The number of benzene rings is 1. The van der Waals surface area contributed by atoms with E-state index < -0.39 is 0 Å². The summed E-state index contributed by atoms with van der Waals surface area (Å²) in [5.74, 6) is 5.79. The van der Waals surface area contributed by atoms with Crippen LogP contribution >= 0.6 is 11.6 Å². The van der Waals surface area contributed by atoms with E-state index in [4.69, 9.17) is 17.3 Å². The Balaban J connectivity index is 3.13. The molecule has 0 fully saturated rings. The Labute approximate surface area is 83.9 Å². The molecule has 0 heterocycles. The number of nitrogens with two attached hydrogens (primary N) is 1. The molecule has 2 heteroatoms. The van der Waals surface area contributed by atoms with Crippen molar-refractivity contribution in [1.29, 1.82) is 0 Å². The van der Waals surface area contributed by atoms with Crippen LogP contribution < -0.4 is 5.73 Å². The van der Waals surface area contributed by atoms with Gasteiger partial charge in [0.15, 0.2) is 0 Å². The average Bonchev–Trinajstić information content (AvgIpc) is 2.10. The first-order valence-electron chi connectivity index (χ1n) is 4.11. The smallest absolute Gasteiger partial charge is 0.0555 e. The lowest BCUT2D eigenvalue weighted by molar-refractivity contribution is 1.30. The molecule has 0 atom stereocenters. The first-order valence-corrected chi connectivity index (χ1v) is 4.48. The molecular formula is C11H12ClN. The summed E-state index contributed by atoms with van der Waals surface area (Å²) >= 11 is 6.01. The van der Waals surface area contributed by atoms with Crippen LogP contribution in [0.3, 0.4) is 0 Å². The molecule has 0 radical (unpaired) electrons. The van der Waals surface area contributed by atoms with Crippen LogP contribution in [-0.4, -0.2) is 6.54 Å². The maximum atomic E-state index is 6.01. The van der Waals surface area contributed by atoms with E-state index in [-0.39, 0.29) is 0 Å². The van der Waals surface area contributed by atoms with E-state index in [0.29, 0.717) is 6.54 Å². The summed E-state index contributed by atoms with van der Waals surface area (Å²) in [5, 5.41) is 0.818. The lowest BCUT2D eigenvalue weighted by atomic mass is 10.1. The van der Waals surface area contributed by atoms with Gasteiger partial charge in [-0.25, -0.2) is 0 Å². The maximum absolute atomic E-state index is 6.01. The largest absolute Gasteiger partial charge is 0.320 e.